The van der Waals surface area contributed by atoms with E-state index in [1.807, 2.05) is 6.07 Å². The second-order valence-corrected chi connectivity index (χ2v) is 5.40. The van der Waals surface area contributed by atoms with Crippen LogP contribution < -0.4 is 20.9 Å². The van der Waals surface area contributed by atoms with Crippen LogP contribution in [0.5, 0.6) is 5.75 Å². The van der Waals surface area contributed by atoms with Crippen LogP contribution in [0.4, 0.5) is 14.9 Å². The first-order valence-electron chi connectivity index (χ1n) is 8.23. The van der Waals surface area contributed by atoms with E-state index in [0.717, 1.165) is 12.8 Å². The molecule has 2 rings (SSSR count). The minimum absolute atomic E-state index is 0.0364. The zero-order valence-electron chi connectivity index (χ0n) is 14.1. The summed E-state index contributed by atoms with van der Waals surface area (Å²) in [5.74, 6) is -0.363. The molecule has 6 nitrogen and oxygen atoms in total. The second-order valence-electron chi connectivity index (χ2n) is 5.40. The zero-order chi connectivity index (χ0) is 18.1. The molecule has 2 N–H and O–H groups in total. The summed E-state index contributed by atoms with van der Waals surface area (Å²) < 4.78 is 20.4. The predicted octanol–water partition coefficient (Wildman–Crippen LogP) is 2.99. The number of ether oxygens (including phenoxy) is 1. The summed E-state index contributed by atoms with van der Waals surface area (Å²) in [7, 11) is 0. The van der Waals surface area contributed by atoms with Crippen LogP contribution in [0.3, 0.4) is 0 Å². The number of pyridine rings is 1. The SMILES string of the molecule is CCOc1ccc(NC(=O)NCCCCn2ccccc2=O)cc1F. The zero-order valence-corrected chi connectivity index (χ0v) is 14.1. The largest absolute Gasteiger partial charge is 0.491 e. The summed E-state index contributed by atoms with van der Waals surface area (Å²) in [5, 5.41) is 5.27. The number of unbranched alkanes of at least 4 members (excludes halogenated alkanes) is 1. The van der Waals surface area contributed by atoms with E-state index in [1.54, 1.807) is 29.8 Å². The van der Waals surface area contributed by atoms with E-state index in [4.69, 9.17) is 4.74 Å². The predicted molar refractivity (Wildman–Crippen MR) is 94.5 cm³/mol. The molecule has 0 fully saturated rings. The molecule has 0 unspecified atom stereocenters. The Morgan fingerprint density at radius 1 is 1.24 bits per heavy atom. The number of rotatable bonds is 8. The number of anilines is 1. The van der Waals surface area contributed by atoms with Crippen molar-refractivity contribution in [2.24, 2.45) is 0 Å². The van der Waals surface area contributed by atoms with Crippen molar-refractivity contribution in [1.29, 1.82) is 0 Å². The highest BCUT2D eigenvalue weighted by Crippen LogP contribution is 2.20. The van der Waals surface area contributed by atoms with E-state index in [2.05, 4.69) is 10.6 Å². The quantitative estimate of drug-likeness (QED) is 0.721. The number of carbonyl (C=O) groups excluding carboxylic acids is 1. The fraction of sp³-hybridized carbons (Fsp3) is 0.333. The molecule has 0 aliphatic carbocycles. The van der Waals surface area contributed by atoms with Gasteiger partial charge in [-0.25, -0.2) is 9.18 Å². The maximum absolute atomic E-state index is 13.7. The van der Waals surface area contributed by atoms with Crippen molar-refractivity contribution >= 4 is 11.7 Å². The standard InChI is InChI=1S/C18H22FN3O3/c1-2-25-16-9-8-14(13-15(16)19)21-18(24)20-10-4-6-12-22-11-5-3-7-17(22)23/h3,5,7-9,11,13H,2,4,6,10,12H2,1H3,(H2,20,21,24). The fourth-order valence-electron chi connectivity index (χ4n) is 2.28. The topological polar surface area (TPSA) is 72.4 Å². The lowest BCUT2D eigenvalue weighted by atomic mass is 10.3. The van der Waals surface area contributed by atoms with Gasteiger partial charge in [-0.05, 0) is 38.0 Å². The normalized spacial score (nSPS) is 10.3. The van der Waals surface area contributed by atoms with E-state index in [0.29, 0.717) is 25.4 Å². The third kappa shape index (κ3) is 5.95. The number of carbonyl (C=O) groups is 1. The molecule has 1 heterocycles. The fourth-order valence-corrected chi connectivity index (χ4v) is 2.28. The summed E-state index contributed by atoms with van der Waals surface area (Å²) in [6.07, 6.45) is 3.23. The lowest BCUT2D eigenvalue weighted by molar-refractivity contribution is 0.252. The molecule has 0 saturated heterocycles. The minimum atomic E-state index is -0.520. The van der Waals surface area contributed by atoms with Gasteiger partial charge in [0.2, 0.25) is 5.56 Å². The number of nitrogens with one attached hydrogen (secondary N) is 2. The third-order valence-electron chi connectivity index (χ3n) is 3.50. The summed E-state index contributed by atoms with van der Waals surface area (Å²) in [6, 6.07) is 8.90. The maximum Gasteiger partial charge on any atom is 0.319 e. The average molecular weight is 347 g/mol. The minimum Gasteiger partial charge on any atom is -0.491 e. The van der Waals surface area contributed by atoms with Gasteiger partial charge >= 0.3 is 6.03 Å². The molecule has 0 atom stereocenters. The van der Waals surface area contributed by atoms with Crippen LogP contribution in [-0.4, -0.2) is 23.7 Å². The third-order valence-corrected chi connectivity index (χ3v) is 3.50. The van der Waals surface area contributed by atoms with Crippen LogP contribution in [0.2, 0.25) is 0 Å². The van der Waals surface area contributed by atoms with E-state index < -0.39 is 11.8 Å². The molecule has 0 spiro atoms. The first-order chi connectivity index (χ1) is 12.1. The number of hydrogen-bond donors (Lipinski definition) is 2. The molecule has 25 heavy (non-hydrogen) atoms. The van der Waals surface area contributed by atoms with E-state index in [9.17, 15) is 14.0 Å². The molecule has 1 aromatic heterocycles. The molecule has 134 valence electrons. The molecule has 2 amide bonds. The molecule has 2 aromatic rings. The monoisotopic (exact) mass is 347 g/mol. The molecule has 0 bridgehead atoms. The van der Waals surface area contributed by atoms with Crippen LogP contribution in [-0.2, 0) is 6.54 Å². The molecule has 1 aromatic carbocycles. The molecule has 0 aliphatic heterocycles. The molecule has 0 radical (unpaired) electrons. The van der Waals surface area contributed by atoms with Crippen molar-refractivity contribution < 1.29 is 13.9 Å². The van der Waals surface area contributed by atoms with Crippen molar-refractivity contribution in [3.8, 4) is 5.75 Å². The maximum atomic E-state index is 13.7. The summed E-state index contributed by atoms with van der Waals surface area (Å²) in [4.78, 5) is 23.3. The van der Waals surface area contributed by atoms with Crippen LogP contribution in [0.25, 0.3) is 0 Å². The number of amides is 2. The summed E-state index contributed by atoms with van der Waals surface area (Å²) in [6.45, 7) is 3.21. The van der Waals surface area contributed by atoms with Gasteiger partial charge in [0.25, 0.3) is 0 Å². The summed E-state index contributed by atoms with van der Waals surface area (Å²) in [5.41, 5.74) is 0.319. The molecule has 0 saturated carbocycles. The highest BCUT2D eigenvalue weighted by Gasteiger charge is 2.06. The van der Waals surface area contributed by atoms with Crippen LogP contribution in [0, 0.1) is 5.82 Å². The number of hydrogen-bond acceptors (Lipinski definition) is 3. The first kappa shape index (κ1) is 18.5. The first-order valence-corrected chi connectivity index (χ1v) is 8.23. The van der Waals surface area contributed by atoms with Gasteiger partial charge in [0.15, 0.2) is 11.6 Å². The molecule has 0 aliphatic rings. The number of aryl methyl sites for hydroxylation is 1. The number of nitrogens with zero attached hydrogens (tertiary/aromatic N) is 1. The number of halogens is 1. The van der Waals surface area contributed by atoms with E-state index in [-0.39, 0.29) is 11.3 Å². The Bertz CT molecular complexity index is 761. The second kappa shape index (κ2) is 9.46. The van der Waals surface area contributed by atoms with Crippen LogP contribution in [0.1, 0.15) is 19.8 Å². The van der Waals surface area contributed by atoms with Gasteiger partial charge in [0, 0.05) is 37.1 Å². The van der Waals surface area contributed by atoms with E-state index >= 15 is 0 Å². The highest BCUT2D eigenvalue weighted by molar-refractivity contribution is 5.89. The Kier molecular flexibility index (Phi) is 7.00. The Labute approximate surface area is 145 Å². The van der Waals surface area contributed by atoms with Gasteiger partial charge in [0.05, 0.1) is 6.61 Å². The highest BCUT2D eigenvalue weighted by atomic mass is 19.1. The van der Waals surface area contributed by atoms with Crippen molar-refractivity contribution in [3.63, 3.8) is 0 Å². The Balaban J connectivity index is 1.69. The lowest BCUT2D eigenvalue weighted by Crippen LogP contribution is -2.29. The molecule has 7 heteroatoms. The van der Waals surface area contributed by atoms with Gasteiger partial charge in [-0.15, -0.1) is 0 Å². The van der Waals surface area contributed by atoms with Gasteiger partial charge < -0.3 is 19.9 Å². The Hall–Kier alpha value is -2.83. The average Bonchev–Trinajstić information content (AvgIpc) is 2.59. The van der Waals surface area contributed by atoms with Gasteiger partial charge in [0.1, 0.15) is 0 Å². The van der Waals surface area contributed by atoms with Gasteiger partial charge in [-0.2, -0.15) is 0 Å². The molecular formula is C18H22FN3O3. The van der Waals surface area contributed by atoms with Crippen LogP contribution >= 0.6 is 0 Å². The summed E-state index contributed by atoms with van der Waals surface area (Å²) >= 11 is 0. The smallest absolute Gasteiger partial charge is 0.319 e. The van der Waals surface area contributed by atoms with E-state index in [1.165, 1.54) is 18.2 Å². The number of aromatic nitrogens is 1. The number of urea groups is 1. The number of benzene rings is 1. The van der Waals surface area contributed by atoms with Crippen LogP contribution in [0.15, 0.2) is 47.4 Å². The van der Waals surface area contributed by atoms with Crippen molar-refractivity contribution in [2.45, 2.75) is 26.3 Å². The molecular weight excluding hydrogens is 325 g/mol. The Morgan fingerprint density at radius 3 is 2.80 bits per heavy atom. The van der Waals surface area contributed by atoms with Crippen molar-refractivity contribution in [3.05, 3.63) is 58.8 Å². The lowest BCUT2D eigenvalue weighted by Gasteiger charge is -2.10. The van der Waals surface area contributed by atoms with Crippen molar-refractivity contribution in [1.82, 2.24) is 9.88 Å². The van der Waals surface area contributed by atoms with Gasteiger partial charge in [-0.1, -0.05) is 6.07 Å². The Morgan fingerprint density at radius 2 is 2.08 bits per heavy atom. The van der Waals surface area contributed by atoms with Crippen molar-refractivity contribution in [2.75, 3.05) is 18.5 Å². The van der Waals surface area contributed by atoms with Gasteiger partial charge in [-0.3, -0.25) is 4.79 Å².